The van der Waals surface area contributed by atoms with E-state index >= 15 is 0 Å². The van der Waals surface area contributed by atoms with E-state index in [1.54, 1.807) is 7.05 Å². The number of nitrogens with zero attached hydrogens (tertiary/aromatic N) is 4. The molecule has 0 amide bonds. The average molecular weight is 462 g/mol. The smallest absolute Gasteiger partial charge is 0.228 e. The van der Waals surface area contributed by atoms with Gasteiger partial charge in [0.2, 0.25) is 5.89 Å². The molecule has 2 aromatic rings. The Morgan fingerprint density at radius 2 is 1.88 bits per heavy atom. The molecule has 0 atom stereocenters. The first-order chi connectivity index (χ1) is 11.5. The van der Waals surface area contributed by atoms with E-state index in [4.69, 9.17) is 9.05 Å². The Morgan fingerprint density at radius 3 is 2.44 bits per heavy atom. The molecule has 9 heteroatoms. The Balaban J connectivity index is 0.00000312. The first-order valence-electron chi connectivity index (χ1n) is 8.22. The Kier molecular flexibility index (Phi) is 8.87. The Hall–Kier alpha value is -1.65. The molecule has 0 bridgehead atoms. The Bertz CT molecular complexity index is 665. The predicted octanol–water partition coefficient (Wildman–Crippen LogP) is 2.83. The number of aromatic nitrogens is 3. The molecule has 140 valence electrons. The van der Waals surface area contributed by atoms with Crippen LogP contribution in [-0.2, 0) is 13.0 Å². The molecule has 2 aromatic heterocycles. The van der Waals surface area contributed by atoms with Crippen LogP contribution >= 0.6 is 24.0 Å². The SMILES string of the molecule is CN=C(NCCc1nc(C(C)C)no1)NCc1cc(C(C)C)no1.I. The van der Waals surface area contributed by atoms with Gasteiger partial charge in [0, 0.05) is 32.0 Å². The monoisotopic (exact) mass is 462 g/mol. The molecular formula is C16H27IN6O2. The fourth-order valence-corrected chi connectivity index (χ4v) is 1.97. The highest BCUT2D eigenvalue weighted by molar-refractivity contribution is 14.0. The van der Waals surface area contributed by atoms with Crippen molar-refractivity contribution in [1.82, 2.24) is 25.9 Å². The topological polar surface area (TPSA) is 101 Å². The molecule has 0 unspecified atom stereocenters. The quantitative estimate of drug-likeness (QED) is 0.371. The van der Waals surface area contributed by atoms with Crippen LogP contribution in [0.25, 0.3) is 0 Å². The Morgan fingerprint density at radius 1 is 1.12 bits per heavy atom. The van der Waals surface area contributed by atoms with E-state index < -0.39 is 0 Å². The van der Waals surface area contributed by atoms with Crippen molar-refractivity contribution < 1.29 is 9.05 Å². The first kappa shape index (κ1) is 21.4. The molecule has 25 heavy (non-hydrogen) atoms. The van der Waals surface area contributed by atoms with E-state index in [0.717, 1.165) is 17.3 Å². The van der Waals surface area contributed by atoms with E-state index in [1.807, 2.05) is 19.9 Å². The zero-order chi connectivity index (χ0) is 17.5. The van der Waals surface area contributed by atoms with Crippen LogP contribution in [0, 0.1) is 0 Å². The van der Waals surface area contributed by atoms with Gasteiger partial charge in [0.05, 0.1) is 12.2 Å². The molecule has 0 saturated carbocycles. The van der Waals surface area contributed by atoms with Gasteiger partial charge in [0.1, 0.15) is 0 Å². The van der Waals surface area contributed by atoms with E-state index in [-0.39, 0.29) is 29.9 Å². The largest absolute Gasteiger partial charge is 0.359 e. The fourth-order valence-electron chi connectivity index (χ4n) is 1.97. The third-order valence-corrected chi connectivity index (χ3v) is 3.45. The van der Waals surface area contributed by atoms with Crippen molar-refractivity contribution in [2.24, 2.45) is 4.99 Å². The van der Waals surface area contributed by atoms with Gasteiger partial charge >= 0.3 is 0 Å². The summed E-state index contributed by atoms with van der Waals surface area (Å²) in [7, 11) is 1.72. The zero-order valence-corrected chi connectivity index (χ0v) is 17.7. The van der Waals surface area contributed by atoms with Crippen LogP contribution in [0.2, 0.25) is 0 Å². The molecule has 2 heterocycles. The normalized spacial score (nSPS) is 11.7. The summed E-state index contributed by atoms with van der Waals surface area (Å²) in [6.45, 7) is 9.40. The van der Waals surface area contributed by atoms with Gasteiger partial charge in [0.15, 0.2) is 17.5 Å². The van der Waals surface area contributed by atoms with Gasteiger partial charge in [-0.15, -0.1) is 24.0 Å². The molecule has 0 aliphatic carbocycles. The lowest BCUT2D eigenvalue weighted by Gasteiger charge is -2.09. The third-order valence-electron chi connectivity index (χ3n) is 3.45. The summed E-state index contributed by atoms with van der Waals surface area (Å²) >= 11 is 0. The maximum atomic E-state index is 5.29. The minimum absolute atomic E-state index is 0. The predicted molar refractivity (Wildman–Crippen MR) is 106 cm³/mol. The molecule has 2 N–H and O–H groups in total. The van der Waals surface area contributed by atoms with Crippen LogP contribution in [-0.4, -0.2) is 34.8 Å². The molecular weight excluding hydrogens is 435 g/mol. The summed E-state index contributed by atoms with van der Waals surface area (Å²) in [5, 5.41) is 14.4. The van der Waals surface area contributed by atoms with Crippen LogP contribution in [0.3, 0.4) is 0 Å². The molecule has 0 radical (unpaired) electrons. The molecule has 0 aliphatic rings. The van der Waals surface area contributed by atoms with Gasteiger partial charge < -0.3 is 19.7 Å². The summed E-state index contributed by atoms with van der Waals surface area (Å²) in [4.78, 5) is 8.52. The van der Waals surface area contributed by atoms with Crippen LogP contribution in [0.5, 0.6) is 0 Å². The standard InChI is InChI=1S/C16H26N6O2.HI/c1-10(2)13-8-12(23-21-13)9-19-16(17-5)18-7-6-14-20-15(11(3)4)22-24-14;/h8,10-11H,6-7,9H2,1-5H3,(H2,17,18,19);1H. The van der Waals surface area contributed by atoms with E-state index in [2.05, 4.69) is 44.8 Å². The molecule has 0 aromatic carbocycles. The van der Waals surface area contributed by atoms with Crippen molar-refractivity contribution in [3.05, 3.63) is 29.2 Å². The second kappa shape index (κ2) is 10.4. The van der Waals surface area contributed by atoms with Gasteiger partial charge in [-0.1, -0.05) is 38.0 Å². The lowest BCUT2D eigenvalue weighted by atomic mass is 10.1. The van der Waals surface area contributed by atoms with Crippen LogP contribution in [0.15, 0.2) is 20.1 Å². The van der Waals surface area contributed by atoms with Crippen molar-refractivity contribution in [1.29, 1.82) is 0 Å². The molecule has 0 spiro atoms. The lowest BCUT2D eigenvalue weighted by Crippen LogP contribution is -2.37. The van der Waals surface area contributed by atoms with Crippen molar-refractivity contribution in [3.63, 3.8) is 0 Å². The zero-order valence-electron chi connectivity index (χ0n) is 15.4. The van der Waals surface area contributed by atoms with E-state index in [1.165, 1.54) is 0 Å². The Labute approximate surface area is 165 Å². The summed E-state index contributed by atoms with van der Waals surface area (Å²) in [5.41, 5.74) is 0.951. The minimum atomic E-state index is 0. The van der Waals surface area contributed by atoms with Gasteiger partial charge in [-0.3, -0.25) is 4.99 Å². The summed E-state index contributed by atoms with van der Waals surface area (Å²) in [6, 6.07) is 1.96. The van der Waals surface area contributed by atoms with Crippen molar-refractivity contribution in [3.8, 4) is 0 Å². The van der Waals surface area contributed by atoms with Crippen molar-refractivity contribution >= 4 is 29.9 Å². The maximum absolute atomic E-state index is 5.29. The number of halogens is 1. The van der Waals surface area contributed by atoms with Gasteiger partial charge in [0.25, 0.3) is 0 Å². The van der Waals surface area contributed by atoms with Crippen LogP contribution in [0.1, 0.15) is 62.7 Å². The second-order valence-corrected chi connectivity index (χ2v) is 6.18. The van der Waals surface area contributed by atoms with Gasteiger partial charge in [-0.05, 0) is 5.92 Å². The number of nitrogens with one attached hydrogen (secondary N) is 2. The number of rotatable bonds is 7. The number of hydrogen-bond acceptors (Lipinski definition) is 6. The van der Waals surface area contributed by atoms with E-state index in [9.17, 15) is 0 Å². The number of guanidine groups is 1. The highest BCUT2D eigenvalue weighted by Gasteiger charge is 2.10. The first-order valence-corrected chi connectivity index (χ1v) is 8.22. The summed E-state index contributed by atoms with van der Waals surface area (Å²) in [6.07, 6.45) is 0.639. The van der Waals surface area contributed by atoms with Gasteiger partial charge in [-0.2, -0.15) is 4.98 Å². The molecule has 2 rings (SSSR count). The summed E-state index contributed by atoms with van der Waals surface area (Å²) in [5.74, 6) is 3.44. The number of hydrogen-bond donors (Lipinski definition) is 2. The van der Waals surface area contributed by atoms with Gasteiger partial charge in [-0.25, -0.2) is 0 Å². The van der Waals surface area contributed by atoms with Crippen LogP contribution in [0.4, 0.5) is 0 Å². The van der Waals surface area contributed by atoms with Crippen molar-refractivity contribution in [2.75, 3.05) is 13.6 Å². The summed E-state index contributed by atoms with van der Waals surface area (Å²) < 4.78 is 10.5. The molecule has 0 aliphatic heterocycles. The lowest BCUT2D eigenvalue weighted by molar-refractivity contribution is 0.369. The van der Waals surface area contributed by atoms with E-state index in [0.29, 0.717) is 37.3 Å². The number of aliphatic imine (C=N–C) groups is 1. The highest BCUT2D eigenvalue weighted by atomic mass is 127. The third kappa shape index (κ3) is 6.63. The molecule has 0 fully saturated rings. The average Bonchev–Trinajstić information content (AvgIpc) is 3.20. The molecule has 8 nitrogen and oxygen atoms in total. The minimum Gasteiger partial charge on any atom is -0.359 e. The second-order valence-electron chi connectivity index (χ2n) is 6.18. The van der Waals surface area contributed by atoms with Crippen LogP contribution < -0.4 is 10.6 Å². The molecule has 0 saturated heterocycles. The fraction of sp³-hybridized carbons (Fsp3) is 0.625. The maximum Gasteiger partial charge on any atom is 0.228 e. The van der Waals surface area contributed by atoms with Crippen molar-refractivity contribution in [2.45, 2.75) is 52.5 Å². The highest BCUT2D eigenvalue weighted by Crippen LogP contribution is 2.13.